The number of nitrogens with one attached hydrogen (secondary N) is 3. The lowest BCUT2D eigenvalue weighted by Gasteiger charge is -2.26. The van der Waals surface area contributed by atoms with Gasteiger partial charge in [-0.15, -0.1) is 0 Å². The molecule has 0 radical (unpaired) electrons. The highest BCUT2D eigenvalue weighted by molar-refractivity contribution is 5.98. The third-order valence-corrected chi connectivity index (χ3v) is 8.86. The predicted octanol–water partition coefficient (Wildman–Crippen LogP) is 5.72. The lowest BCUT2D eigenvalue weighted by atomic mass is 9.94. The van der Waals surface area contributed by atoms with E-state index in [-0.39, 0.29) is 18.0 Å². The van der Waals surface area contributed by atoms with Gasteiger partial charge in [-0.1, -0.05) is 37.1 Å². The first kappa shape index (κ1) is 29.1. The standard InChI is InChI=1S/C34H44N4O3/c1-22-17-23(2)36-34(40)31(22)20-35-33(39)30-18-29(19-32(24(30)3)37-25(4)27-7-5-6-8-27)28-11-9-26(10-12-28)21-38-13-15-41-16-14-38/h9-12,17-19,25,27,37H,5-8,13-16,20-21H2,1-4H3,(H,35,39)(H,36,40). The first-order chi connectivity index (χ1) is 19.8. The zero-order valence-corrected chi connectivity index (χ0v) is 24.9. The summed E-state index contributed by atoms with van der Waals surface area (Å²) in [6.45, 7) is 12.6. The molecule has 1 aliphatic heterocycles. The number of amides is 1. The Bertz CT molecular complexity index is 1420. The van der Waals surface area contributed by atoms with E-state index in [1.54, 1.807) is 0 Å². The third kappa shape index (κ3) is 7.08. The van der Waals surface area contributed by atoms with Gasteiger partial charge in [-0.2, -0.15) is 0 Å². The fraction of sp³-hybridized carbons (Fsp3) is 0.471. The number of carbonyl (C=O) groups excluding carboxylic acids is 1. The van der Waals surface area contributed by atoms with Gasteiger partial charge in [-0.05, 0) is 92.5 Å². The van der Waals surface area contributed by atoms with Gasteiger partial charge in [0.25, 0.3) is 11.5 Å². The number of aromatic amines is 1. The van der Waals surface area contributed by atoms with Crippen LogP contribution in [0.25, 0.3) is 11.1 Å². The molecule has 2 fully saturated rings. The number of aryl methyl sites for hydroxylation is 2. The molecule has 0 spiro atoms. The minimum absolute atomic E-state index is 0.154. The fourth-order valence-corrected chi connectivity index (χ4v) is 6.27. The number of anilines is 1. The number of hydrogen-bond acceptors (Lipinski definition) is 5. The van der Waals surface area contributed by atoms with E-state index >= 15 is 0 Å². The van der Waals surface area contributed by atoms with E-state index in [0.29, 0.717) is 23.1 Å². The van der Waals surface area contributed by atoms with Crippen LogP contribution in [-0.4, -0.2) is 48.1 Å². The maximum atomic E-state index is 13.6. The number of morpholine rings is 1. The Hall–Kier alpha value is -3.42. The van der Waals surface area contributed by atoms with Crippen LogP contribution in [0, 0.1) is 26.7 Å². The van der Waals surface area contributed by atoms with Crippen LogP contribution in [0.2, 0.25) is 0 Å². The smallest absolute Gasteiger partial charge is 0.253 e. The van der Waals surface area contributed by atoms with Crippen LogP contribution in [0.5, 0.6) is 0 Å². The molecule has 2 heterocycles. The van der Waals surface area contributed by atoms with Gasteiger partial charge in [0.1, 0.15) is 0 Å². The summed E-state index contributed by atoms with van der Waals surface area (Å²) in [6.07, 6.45) is 5.07. The summed E-state index contributed by atoms with van der Waals surface area (Å²) in [5.41, 5.74) is 8.02. The van der Waals surface area contributed by atoms with Crippen molar-refractivity contribution in [2.24, 2.45) is 5.92 Å². The molecule has 5 rings (SSSR count). The van der Waals surface area contributed by atoms with Crippen molar-refractivity contribution in [3.05, 3.63) is 86.3 Å². The molecule has 7 nitrogen and oxygen atoms in total. The summed E-state index contributed by atoms with van der Waals surface area (Å²) in [5, 5.41) is 6.79. The van der Waals surface area contributed by atoms with Crippen molar-refractivity contribution in [1.82, 2.24) is 15.2 Å². The number of hydrogen-bond donors (Lipinski definition) is 3. The lowest BCUT2D eigenvalue weighted by molar-refractivity contribution is 0.0342. The van der Waals surface area contributed by atoms with E-state index in [2.05, 4.69) is 57.8 Å². The molecule has 2 aliphatic rings. The molecule has 1 atom stereocenters. The molecule has 41 heavy (non-hydrogen) atoms. The number of carbonyl (C=O) groups is 1. The first-order valence-corrected chi connectivity index (χ1v) is 15.1. The van der Waals surface area contributed by atoms with Crippen LogP contribution < -0.4 is 16.2 Å². The monoisotopic (exact) mass is 556 g/mol. The SMILES string of the molecule is Cc1cc(C)c(CNC(=O)c2cc(-c3ccc(CN4CCOCC4)cc3)cc(NC(C)C3CCCC3)c2C)c(=O)[nH]1. The summed E-state index contributed by atoms with van der Waals surface area (Å²) in [6, 6.07) is 15.1. The molecule has 3 N–H and O–H groups in total. The maximum Gasteiger partial charge on any atom is 0.253 e. The number of benzene rings is 2. The summed E-state index contributed by atoms with van der Waals surface area (Å²) >= 11 is 0. The summed E-state index contributed by atoms with van der Waals surface area (Å²) < 4.78 is 5.49. The van der Waals surface area contributed by atoms with Gasteiger partial charge in [0.15, 0.2) is 0 Å². The highest BCUT2D eigenvalue weighted by Crippen LogP contribution is 2.33. The molecule has 1 amide bonds. The topological polar surface area (TPSA) is 86.5 Å². The van der Waals surface area contributed by atoms with Crippen molar-refractivity contribution in [2.75, 3.05) is 31.6 Å². The zero-order chi connectivity index (χ0) is 28.9. The minimum atomic E-state index is -0.177. The molecule has 1 unspecified atom stereocenters. The van der Waals surface area contributed by atoms with Gasteiger partial charge in [0.05, 0.1) is 13.2 Å². The van der Waals surface area contributed by atoms with E-state index in [1.807, 2.05) is 32.9 Å². The van der Waals surface area contributed by atoms with Crippen molar-refractivity contribution in [3.63, 3.8) is 0 Å². The van der Waals surface area contributed by atoms with E-state index in [0.717, 1.165) is 66.5 Å². The van der Waals surface area contributed by atoms with E-state index in [1.165, 1.54) is 31.2 Å². The molecule has 1 saturated carbocycles. The van der Waals surface area contributed by atoms with Crippen molar-refractivity contribution >= 4 is 11.6 Å². The number of pyridine rings is 1. The largest absolute Gasteiger partial charge is 0.382 e. The van der Waals surface area contributed by atoms with Crippen LogP contribution in [0.3, 0.4) is 0 Å². The number of nitrogens with zero attached hydrogens (tertiary/aromatic N) is 1. The average Bonchev–Trinajstić information content (AvgIpc) is 3.50. The van der Waals surface area contributed by atoms with Gasteiger partial charge in [-0.3, -0.25) is 14.5 Å². The van der Waals surface area contributed by atoms with Crippen LogP contribution in [0.4, 0.5) is 5.69 Å². The molecule has 1 saturated heterocycles. The quantitative estimate of drug-likeness (QED) is 0.314. The molecule has 1 aliphatic carbocycles. The van der Waals surface area contributed by atoms with Gasteiger partial charge in [-0.25, -0.2) is 0 Å². The number of ether oxygens (including phenoxy) is 1. The second-order valence-corrected chi connectivity index (χ2v) is 11.9. The molecule has 2 aromatic carbocycles. The Morgan fingerprint density at radius 3 is 2.41 bits per heavy atom. The van der Waals surface area contributed by atoms with Gasteiger partial charge >= 0.3 is 0 Å². The van der Waals surface area contributed by atoms with E-state index < -0.39 is 0 Å². The predicted molar refractivity (Wildman–Crippen MR) is 165 cm³/mol. The molecule has 3 aromatic rings. The Morgan fingerprint density at radius 1 is 1.02 bits per heavy atom. The molecule has 1 aromatic heterocycles. The minimum Gasteiger partial charge on any atom is -0.382 e. The van der Waals surface area contributed by atoms with Crippen molar-refractivity contribution in [3.8, 4) is 11.1 Å². The molecular formula is C34H44N4O3. The number of aromatic nitrogens is 1. The summed E-state index contributed by atoms with van der Waals surface area (Å²) in [7, 11) is 0. The average molecular weight is 557 g/mol. The fourth-order valence-electron chi connectivity index (χ4n) is 6.27. The molecule has 7 heteroatoms. The Morgan fingerprint density at radius 2 is 1.73 bits per heavy atom. The van der Waals surface area contributed by atoms with Crippen LogP contribution >= 0.6 is 0 Å². The number of rotatable bonds is 9. The first-order valence-electron chi connectivity index (χ1n) is 15.1. The highest BCUT2D eigenvalue weighted by atomic mass is 16.5. The zero-order valence-electron chi connectivity index (χ0n) is 24.9. The maximum absolute atomic E-state index is 13.6. The van der Waals surface area contributed by atoms with E-state index in [9.17, 15) is 9.59 Å². The van der Waals surface area contributed by atoms with E-state index in [4.69, 9.17) is 4.74 Å². The number of H-pyrrole nitrogens is 1. The normalized spacial score (nSPS) is 17.0. The summed E-state index contributed by atoms with van der Waals surface area (Å²) in [5.74, 6) is 0.468. The van der Waals surface area contributed by atoms with Crippen molar-refractivity contribution < 1.29 is 9.53 Å². The molecule has 0 bridgehead atoms. The van der Waals surface area contributed by atoms with Crippen LogP contribution in [0.1, 0.15) is 70.9 Å². The Balaban J connectivity index is 1.41. The summed E-state index contributed by atoms with van der Waals surface area (Å²) in [4.78, 5) is 31.4. The van der Waals surface area contributed by atoms with Gasteiger partial charge in [0.2, 0.25) is 0 Å². The van der Waals surface area contributed by atoms with Crippen molar-refractivity contribution in [2.45, 2.75) is 72.5 Å². The van der Waals surface area contributed by atoms with Gasteiger partial charge in [0, 0.05) is 54.7 Å². The Kier molecular flexibility index (Phi) is 9.25. The second-order valence-electron chi connectivity index (χ2n) is 11.9. The molecular weight excluding hydrogens is 512 g/mol. The second kappa shape index (κ2) is 13.0. The third-order valence-electron chi connectivity index (χ3n) is 8.86. The van der Waals surface area contributed by atoms with Crippen LogP contribution in [-0.2, 0) is 17.8 Å². The van der Waals surface area contributed by atoms with Crippen molar-refractivity contribution in [1.29, 1.82) is 0 Å². The molecule has 218 valence electrons. The Labute approximate surface area is 243 Å². The lowest BCUT2D eigenvalue weighted by Crippen LogP contribution is -2.35. The highest BCUT2D eigenvalue weighted by Gasteiger charge is 2.23. The van der Waals surface area contributed by atoms with Gasteiger partial charge < -0.3 is 20.4 Å². The van der Waals surface area contributed by atoms with Crippen LogP contribution in [0.15, 0.2) is 47.3 Å².